The van der Waals surface area contributed by atoms with Crippen molar-refractivity contribution in [3.8, 4) is 5.75 Å². The molecule has 2 aromatic rings. The molecule has 1 N–H and O–H groups in total. The van der Waals surface area contributed by atoms with Crippen LogP contribution in [0.25, 0.3) is 0 Å². The molecule has 124 valence electrons. The molecule has 1 aliphatic rings. The number of fused-ring (bicyclic) bond motifs is 1. The largest absolute Gasteiger partial charge is 0.506 e. The van der Waals surface area contributed by atoms with Crippen molar-refractivity contribution >= 4 is 27.5 Å². The lowest BCUT2D eigenvalue weighted by atomic mass is 9.86. The zero-order chi connectivity index (χ0) is 17.4. The summed E-state index contributed by atoms with van der Waals surface area (Å²) in [6.07, 6.45) is 1.38. The highest BCUT2D eigenvalue weighted by Crippen LogP contribution is 2.33. The summed E-state index contributed by atoms with van der Waals surface area (Å²) in [7, 11) is 0. The molecule has 0 heterocycles. The first-order valence-corrected chi connectivity index (χ1v) is 8.81. The van der Waals surface area contributed by atoms with Gasteiger partial charge in [-0.2, -0.15) is 0 Å². The van der Waals surface area contributed by atoms with Gasteiger partial charge in [0.1, 0.15) is 11.5 Å². The van der Waals surface area contributed by atoms with E-state index >= 15 is 0 Å². The summed E-state index contributed by atoms with van der Waals surface area (Å²) < 4.78 is 0.471. The van der Waals surface area contributed by atoms with Crippen LogP contribution in [0.2, 0.25) is 0 Å². The highest BCUT2D eigenvalue weighted by Gasteiger charge is 2.34. The molecule has 1 atom stereocenters. The van der Waals surface area contributed by atoms with Gasteiger partial charge in [0.2, 0.25) is 0 Å². The zero-order valence-electron chi connectivity index (χ0n) is 13.7. The molecule has 1 unspecified atom stereocenters. The summed E-state index contributed by atoms with van der Waals surface area (Å²) in [6, 6.07) is 11.4. The summed E-state index contributed by atoms with van der Waals surface area (Å²) in [5.41, 5.74) is 3.45. The SMILES string of the molecule is Cc1cc(Br)c(O)c(C(=O)C(C)C(=O)C2Cc3ccccc3C2)c1. The van der Waals surface area contributed by atoms with Gasteiger partial charge in [-0.25, -0.2) is 0 Å². The van der Waals surface area contributed by atoms with Crippen molar-refractivity contribution in [3.63, 3.8) is 0 Å². The van der Waals surface area contributed by atoms with Crippen LogP contribution in [0.4, 0.5) is 0 Å². The van der Waals surface area contributed by atoms with Gasteiger partial charge in [-0.1, -0.05) is 24.3 Å². The number of hydrogen-bond acceptors (Lipinski definition) is 3. The molecule has 0 fully saturated rings. The van der Waals surface area contributed by atoms with Gasteiger partial charge in [0.05, 0.1) is 16.0 Å². The van der Waals surface area contributed by atoms with Gasteiger partial charge < -0.3 is 5.11 Å². The molecule has 3 nitrogen and oxygen atoms in total. The minimum atomic E-state index is -0.760. The van der Waals surface area contributed by atoms with Gasteiger partial charge >= 0.3 is 0 Å². The number of aromatic hydroxyl groups is 1. The molecule has 3 rings (SSSR count). The number of halogens is 1. The molecule has 2 aromatic carbocycles. The fourth-order valence-corrected chi connectivity index (χ4v) is 3.97. The molecule has 4 heteroatoms. The maximum Gasteiger partial charge on any atom is 0.176 e. The number of phenolic OH excluding ortho intramolecular Hbond substituents is 1. The Hall–Kier alpha value is -1.94. The second-order valence-corrected chi connectivity index (χ2v) is 7.36. The molecule has 0 saturated heterocycles. The summed E-state index contributed by atoms with van der Waals surface area (Å²) in [4.78, 5) is 25.5. The Bertz CT molecular complexity index is 801. The Kier molecular flexibility index (Phi) is 4.59. The standard InChI is InChI=1S/C20H19BrO3/c1-11-7-16(20(24)17(21)8-11)19(23)12(2)18(22)15-9-13-5-3-4-6-14(13)10-15/h3-8,12,15,24H,9-10H2,1-2H3. The number of aryl methyl sites for hydroxylation is 1. The molecule has 0 bridgehead atoms. The number of phenols is 1. The van der Waals surface area contributed by atoms with Gasteiger partial charge in [-0.3, -0.25) is 9.59 Å². The third-order valence-corrected chi connectivity index (χ3v) is 5.35. The maximum atomic E-state index is 12.8. The third kappa shape index (κ3) is 3.03. The van der Waals surface area contributed by atoms with Crippen LogP contribution in [0.3, 0.4) is 0 Å². The van der Waals surface area contributed by atoms with E-state index in [0.717, 1.165) is 5.56 Å². The lowest BCUT2D eigenvalue weighted by Crippen LogP contribution is -2.28. The quantitative estimate of drug-likeness (QED) is 0.630. The Balaban J connectivity index is 1.81. The average molecular weight is 387 g/mol. The fourth-order valence-electron chi connectivity index (χ4n) is 3.40. The van der Waals surface area contributed by atoms with E-state index in [0.29, 0.717) is 17.3 Å². The highest BCUT2D eigenvalue weighted by molar-refractivity contribution is 9.10. The molecule has 0 saturated carbocycles. The fraction of sp³-hybridized carbons (Fsp3) is 0.300. The Labute approximate surface area is 149 Å². The summed E-state index contributed by atoms with van der Waals surface area (Å²) in [6.45, 7) is 3.49. The van der Waals surface area contributed by atoms with Gasteiger partial charge in [-0.05, 0) is 71.4 Å². The molecule has 24 heavy (non-hydrogen) atoms. The van der Waals surface area contributed by atoms with Gasteiger partial charge in [0.15, 0.2) is 5.78 Å². The first-order valence-electron chi connectivity index (χ1n) is 8.02. The van der Waals surface area contributed by atoms with Crippen LogP contribution in [0, 0.1) is 18.8 Å². The van der Waals surface area contributed by atoms with E-state index in [-0.39, 0.29) is 28.8 Å². The number of hydrogen-bond donors (Lipinski definition) is 1. The van der Waals surface area contributed by atoms with Crippen molar-refractivity contribution in [1.29, 1.82) is 0 Å². The van der Waals surface area contributed by atoms with Crippen molar-refractivity contribution in [1.82, 2.24) is 0 Å². The van der Waals surface area contributed by atoms with Crippen molar-refractivity contribution in [2.75, 3.05) is 0 Å². The predicted octanol–water partition coefficient (Wildman–Crippen LogP) is 4.27. The first-order chi connectivity index (χ1) is 11.4. The predicted molar refractivity (Wildman–Crippen MR) is 96.4 cm³/mol. The van der Waals surface area contributed by atoms with E-state index in [4.69, 9.17) is 0 Å². The molecule has 1 aliphatic carbocycles. The van der Waals surface area contributed by atoms with Crippen LogP contribution < -0.4 is 0 Å². The number of carbonyl (C=O) groups excluding carboxylic acids is 2. The summed E-state index contributed by atoms with van der Waals surface area (Å²) >= 11 is 3.25. The highest BCUT2D eigenvalue weighted by atomic mass is 79.9. The van der Waals surface area contributed by atoms with E-state index < -0.39 is 5.92 Å². The van der Waals surface area contributed by atoms with Crippen LogP contribution in [0.15, 0.2) is 40.9 Å². The van der Waals surface area contributed by atoms with E-state index in [1.165, 1.54) is 11.1 Å². The van der Waals surface area contributed by atoms with Crippen LogP contribution >= 0.6 is 15.9 Å². The zero-order valence-corrected chi connectivity index (χ0v) is 15.3. The minimum absolute atomic E-state index is 0.0479. The normalized spacial score (nSPS) is 15.1. The van der Waals surface area contributed by atoms with Gasteiger partial charge in [-0.15, -0.1) is 0 Å². The van der Waals surface area contributed by atoms with Crippen molar-refractivity contribution in [2.24, 2.45) is 11.8 Å². The number of benzene rings is 2. The van der Waals surface area contributed by atoms with Gasteiger partial charge in [0, 0.05) is 5.92 Å². The van der Waals surface area contributed by atoms with Crippen LogP contribution in [0.5, 0.6) is 5.75 Å². The molecule has 0 radical (unpaired) electrons. The van der Waals surface area contributed by atoms with Crippen LogP contribution in [-0.4, -0.2) is 16.7 Å². The third-order valence-electron chi connectivity index (χ3n) is 4.75. The molecule has 0 aliphatic heterocycles. The van der Waals surface area contributed by atoms with E-state index in [2.05, 4.69) is 15.9 Å². The topological polar surface area (TPSA) is 54.4 Å². The second kappa shape index (κ2) is 6.52. The van der Waals surface area contributed by atoms with Crippen molar-refractivity contribution in [2.45, 2.75) is 26.7 Å². The van der Waals surface area contributed by atoms with Crippen molar-refractivity contribution in [3.05, 3.63) is 63.1 Å². The first kappa shape index (κ1) is 16.9. The average Bonchev–Trinajstić information content (AvgIpc) is 3.00. The van der Waals surface area contributed by atoms with Crippen LogP contribution in [0.1, 0.15) is 34.0 Å². The Morgan fingerprint density at radius 1 is 1.17 bits per heavy atom. The lowest BCUT2D eigenvalue weighted by molar-refractivity contribution is -0.124. The minimum Gasteiger partial charge on any atom is -0.506 e. The van der Waals surface area contributed by atoms with Crippen LogP contribution in [-0.2, 0) is 17.6 Å². The molecule has 0 amide bonds. The number of ketones is 2. The molecular weight excluding hydrogens is 368 g/mol. The Morgan fingerprint density at radius 3 is 2.33 bits per heavy atom. The van der Waals surface area contributed by atoms with E-state index in [1.54, 1.807) is 19.1 Å². The lowest BCUT2D eigenvalue weighted by Gasteiger charge is -2.16. The molecule has 0 spiro atoms. The summed E-state index contributed by atoms with van der Waals surface area (Å²) in [5.74, 6) is -1.38. The number of Topliss-reactive ketones (excluding diaryl/α,β-unsaturated/α-hetero) is 2. The molecular formula is C20H19BrO3. The summed E-state index contributed by atoms with van der Waals surface area (Å²) in [5, 5.41) is 10.2. The van der Waals surface area contributed by atoms with Gasteiger partial charge in [0.25, 0.3) is 0 Å². The Morgan fingerprint density at radius 2 is 1.75 bits per heavy atom. The number of rotatable bonds is 4. The van der Waals surface area contributed by atoms with Crippen molar-refractivity contribution < 1.29 is 14.7 Å². The van der Waals surface area contributed by atoms with E-state index in [1.807, 2.05) is 31.2 Å². The second-order valence-electron chi connectivity index (χ2n) is 6.51. The number of carbonyl (C=O) groups is 2. The molecule has 0 aromatic heterocycles. The monoisotopic (exact) mass is 386 g/mol. The van der Waals surface area contributed by atoms with E-state index in [9.17, 15) is 14.7 Å². The maximum absolute atomic E-state index is 12.8. The smallest absolute Gasteiger partial charge is 0.176 e.